The molecule has 5 heterocycles. The standard InChI is InChI=1S/C46H56N10O8S2/c1-8-32-40(66-29(4)47-32)42(58)51-46-48-33-24-30(43(59)62-6)26-36(61-5)38(33)54(46)17-10-11-18-55-39-34(49-45(55)50-41(57)35-23-28(3)52-56(35)9-2)25-31(44(60)63-7)27-37(39)65-22-14-16-53-15-12-13-20-64-21-19-53/h10-11,23-27H,8-9,12-22H2,1-7H3,(H,48,51,58)(H,49,50,57)/b11-10+. The molecule has 2 N–H and O–H groups in total. The maximum Gasteiger partial charge on any atom is 0.338 e. The lowest BCUT2D eigenvalue weighted by atomic mass is 10.2. The molecule has 0 radical (unpaired) electrons. The van der Waals surface area contributed by atoms with Crippen LogP contribution in [0.2, 0.25) is 0 Å². The first-order valence-corrected chi connectivity index (χ1v) is 23.8. The van der Waals surface area contributed by atoms with Gasteiger partial charge in [0.05, 0.1) is 72.0 Å². The van der Waals surface area contributed by atoms with Crippen LogP contribution in [-0.2, 0) is 40.3 Å². The summed E-state index contributed by atoms with van der Waals surface area (Å²) in [6, 6.07) is 8.40. The number of rotatable bonds is 18. The Hall–Kier alpha value is -6.09. The highest BCUT2D eigenvalue weighted by Crippen LogP contribution is 2.35. The van der Waals surface area contributed by atoms with E-state index >= 15 is 0 Å². The monoisotopic (exact) mass is 940 g/mol. The van der Waals surface area contributed by atoms with E-state index in [0.717, 1.165) is 73.3 Å². The maximum absolute atomic E-state index is 14.0. The minimum atomic E-state index is -0.563. The molecule has 4 aromatic heterocycles. The summed E-state index contributed by atoms with van der Waals surface area (Å²) >= 11 is 2.92. The van der Waals surface area contributed by atoms with E-state index in [-0.39, 0.29) is 42.4 Å². The highest BCUT2D eigenvalue weighted by molar-refractivity contribution is 7.99. The quantitative estimate of drug-likeness (QED) is 0.0380. The van der Waals surface area contributed by atoms with Gasteiger partial charge in [-0.2, -0.15) is 5.10 Å². The summed E-state index contributed by atoms with van der Waals surface area (Å²) in [6.45, 7) is 12.9. The molecule has 0 aliphatic carbocycles. The minimum absolute atomic E-state index is 0.210. The van der Waals surface area contributed by atoms with Gasteiger partial charge >= 0.3 is 11.9 Å². The van der Waals surface area contributed by atoms with E-state index in [2.05, 4.69) is 25.6 Å². The molecule has 6 aromatic rings. The zero-order valence-electron chi connectivity index (χ0n) is 38.4. The van der Waals surface area contributed by atoms with Crippen molar-refractivity contribution in [1.29, 1.82) is 0 Å². The number of imidazole rings is 2. The molecule has 1 saturated heterocycles. The predicted octanol–water partition coefficient (Wildman–Crippen LogP) is 7.18. The van der Waals surface area contributed by atoms with Crippen LogP contribution in [0.1, 0.15) is 90.4 Å². The highest BCUT2D eigenvalue weighted by atomic mass is 32.2. The molecule has 0 atom stereocenters. The van der Waals surface area contributed by atoms with E-state index < -0.39 is 11.9 Å². The second-order valence-electron chi connectivity index (χ2n) is 15.6. The number of aryl methyl sites for hydroxylation is 4. The van der Waals surface area contributed by atoms with Crippen LogP contribution in [0.15, 0.2) is 47.4 Å². The molecule has 1 fully saturated rings. The van der Waals surface area contributed by atoms with E-state index in [1.165, 1.54) is 32.7 Å². The van der Waals surface area contributed by atoms with Gasteiger partial charge in [-0.1, -0.05) is 19.1 Å². The number of hydrogen-bond donors (Lipinski definition) is 2. The van der Waals surface area contributed by atoms with E-state index in [1.54, 1.807) is 45.3 Å². The number of esters is 2. The van der Waals surface area contributed by atoms with Gasteiger partial charge in [-0.3, -0.25) is 24.9 Å². The Bertz CT molecular complexity index is 2760. The van der Waals surface area contributed by atoms with Crippen LogP contribution in [0.5, 0.6) is 5.75 Å². The summed E-state index contributed by atoms with van der Waals surface area (Å²) in [6.07, 6.45) is 7.47. The van der Waals surface area contributed by atoms with Crippen LogP contribution in [0.3, 0.4) is 0 Å². The van der Waals surface area contributed by atoms with Gasteiger partial charge in [0, 0.05) is 37.7 Å². The third-order valence-electron chi connectivity index (χ3n) is 11.1. The number of thiazole rings is 1. The fraction of sp³-hybridized carbons (Fsp3) is 0.435. The Kier molecular flexibility index (Phi) is 15.9. The smallest absolute Gasteiger partial charge is 0.338 e. The van der Waals surface area contributed by atoms with E-state index in [0.29, 0.717) is 62.8 Å². The summed E-state index contributed by atoms with van der Waals surface area (Å²) in [5, 5.41) is 11.3. The number of thioether (sulfide) groups is 1. The molecule has 0 saturated carbocycles. The second-order valence-corrected chi connectivity index (χ2v) is 17.9. The number of carbonyl (C=O) groups excluding carboxylic acids is 4. The number of anilines is 2. The lowest BCUT2D eigenvalue weighted by Gasteiger charge is -2.24. The molecular formula is C46H56N10O8S2. The van der Waals surface area contributed by atoms with Crippen molar-refractivity contribution in [3.05, 3.63) is 80.6 Å². The molecule has 0 spiro atoms. The summed E-state index contributed by atoms with van der Waals surface area (Å²) in [4.78, 5) is 71.4. The SMILES string of the molecule is CCc1nc(C)sc1C(=O)Nc1nc2cc(C(=O)OC)cc(OC)c2n1C/C=C/Cn1c(NC(=O)c2cc(C)nn2CC)nc2cc(C(=O)OC)cc(SCCCN3CCCCOCC3)c21. The molecule has 18 nitrogen and oxygen atoms in total. The van der Waals surface area contributed by atoms with Gasteiger partial charge in [-0.25, -0.2) is 24.5 Å². The number of carbonyl (C=O) groups is 4. The van der Waals surface area contributed by atoms with Gasteiger partial charge in [0.15, 0.2) is 0 Å². The molecule has 20 heteroatoms. The lowest BCUT2D eigenvalue weighted by Crippen LogP contribution is -2.32. The van der Waals surface area contributed by atoms with Crippen molar-refractivity contribution in [1.82, 2.24) is 38.8 Å². The minimum Gasteiger partial charge on any atom is -0.494 e. The van der Waals surface area contributed by atoms with Gasteiger partial charge in [-0.15, -0.1) is 23.1 Å². The largest absolute Gasteiger partial charge is 0.494 e. The van der Waals surface area contributed by atoms with Gasteiger partial charge in [-0.05, 0) is 95.6 Å². The van der Waals surface area contributed by atoms with Crippen LogP contribution in [0.25, 0.3) is 22.1 Å². The Morgan fingerprint density at radius 3 is 2.15 bits per heavy atom. The number of methoxy groups -OCH3 is 3. The van der Waals surface area contributed by atoms with Crippen molar-refractivity contribution in [3.8, 4) is 5.75 Å². The molecule has 2 amide bonds. The second kappa shape index (κ2) is 21.9. The number of nitrogens with zero attached hydrogens (tertiary/aromatic N) is 8. The summed E-state index contributed by atoms with van der Waals surface area (Å²) in [5.74, 6) is -0.186. The van der Waals surface area contributed by atoms with Crippen molar-refractivity contribution in [2.45, 2.75) is 77.9 Å². The van der Waals surface area contributed by atoms with Crippen LogP contribution in [0.4, 0.5) is 11.9 Å². The average Bonchev–Trinajstić information content (AvgIpc) is 4.07. The zero-order chi connectivity index (χ0) is 46.9. The Morgan fingerprint density at radius 1 is 0.818 bits per heavy atom. The molecule has 1 aliphatic rings. The van der Waals surface area contributed by atoms with Crippen molar-refractivity contribution >= 4 is 80.8 Å². The van der Waals surface area contributed by atoms with Crippen LogP contribution in [-0.4, -0.2) is 122 Å². The van der Waals surface area contributed by atoms with Crippen LogP contribution >= 0.6 is 23.1 Å². The topological polar surface area (TPSA) is 199 Å². The van der Waals surface area contributed by atoms with Gasteiger partial charge in [0.2, 0.25) is 11.9 Å². The van der Waals surface area contributed by atoms with E-state index in [9.17, 15) is 19.2 Å². The fourth-order valence-electron chi connectivity index (χ4n) is 7.92. The molecule has 66 heavy (non-hydrogen) atoms. The number of benzene rings is 2. The molecule has 7 rings (SSSR count). The number of nitrogens with one attached hydrogen (secondary N) is 2. The number of fused-ring (bicyclic) bond motifs is 2. The van der Waals surface area contributed by atoms with E-state index in [4.69, 9.17) is 28.9 Å². The van der Waals surface area contributed by atoms with Gasteiger partial charge < -0.3 is 33.0 Å². The van der Waals surface area contributed by atoms with Crippen molar-refractivity contribution in [2.24, 2.45) is 0 Å². The molecule has 1 aliphatic heterocycles. The van der Waals surface area contributed by atoms with Crippen molar-refractivity contribution < 1.29 is 38.1 Å². The molecule has 0 unspecified atom stereocenters. The van der Waals surface area contributed by atoms with Crippen molar-refractivity contribution in [2.75, 3.05) is 70.6 Å². The number of allylic oxidation sites excluding steroid dienone is 2. The summed E-state index contributed by atoms with van der Waals surface area (Å²) < 4.78 is 27.0. The molecular weight excluding hydrogens is 885 g/mol. The highest BCUT2D eigenvalue weighted by Gasteiger charge is 2.25. The molecule has 0 bridgehead atoms. The number of aromatic nitrogens is 7. The average molecular weight is 941 g/mol. The maximum atomic E-state index is 14.0. The van der Waals surface area contributed by atoms with Gasteiger partial charge in [0.1, 0.15) is 21.8 Å². The lowest BCUT2D eigenvalue weighted by molar-refractivity contribution is 0.0591. The normalized spacial score (nSPS) is 13.6. The first kappa shape index (κ1) is 47.9. The zero-order valence-corrected chi connectivity index (χ0v) is 40.0. The predicted molar refractivity (Wildman–Crippen MR) is 254 cm³/mol. The van der Waals surface area contributed by atoms with E-state index in [1.807, 2.05) is 50.5 Å². The fourth-order valence-corrected chi connectivity index (χ4v) is 9.88. The first-order valence-electron chi connectivity index (χ1n) is 22.0. The molecule has 2 aromatic carbocycles. The van der Waals surface area contributed by atoms with Crippen molar-refractivity contribution in [3.63, 3.8) is 0 Å². The number of ether oxygens (including phenoxy) is 4. The van der Waals surface area contributed by atoms with Crippen LogP contribution in [0, 0.1) is 13.8 Å². The Labute approximate surface area is 391 Å². The van der Waals surface area contributed by atoms with Gasteiger partial charge in [0.25, 0.3) is 11.8 Å². The number of hydrogen-bond acceptors (Lipinski definition) is 15. The van der Waals surface area contributed by atoms with Crippen LogP contribution < -0.4 is 15.4 Å². The summed E-state index contributed by atoms with van der Waals surface area (Å²) in [5.41, 5.74) is 4.55. The summed E-state index contributed by atoms with van der Waals surface area (Å²) in [7, 11) is 4.14. The Balaban J connectivity index is 1.26. The first-order chi connectivity index (χ1) is 32.0. The molecule has 350 valence electrons. The Morgan fingerprint density at radius 2 is 1.48 bits per heavy atom. The third-order valence-corrected chi connectivity index (χ3v) is 13.2. The number of amides is 2. The third kappa shape index (κ3) is 10.8.